The number of aliphatic carboxylic acids is 1. The van der Waals surface area contributed by atoms with Crippen LogP contribution in [0.5, 0.6) is 5.75 Å². The number of carboxylic acids is 1. The van der Waals surface area contributed by atoms with E-state index in [4.69, 9.17) is 5.11 Å². The molecule has 0 aliphatic heterocycles. The van der Waals surface area contributed by atoms with Crippen LogP contribution in [0.3, 0.4) is 0 Å². The van der Waals surface area contributed by atoms with Crippen molar-refractivity contribution in [2.24, 2.45) is 0 Å². The van der Waals surface area contributed by atoms with Crippen LogP contribution in [0.2, 0.25) is 0 Å². The lowest BCUT2D eigenvalue weighted by Crippen LogP contribution is -2.17. The van der Waals surface area contributed by atoms with Crippen LogP contribution in [0.1, 0.15) is 5.56 Å². The van der Waals surface area contributed by atoms with Crippen molar-refractivity contribution in [2.75, 3.05) is 17.2 Å². The van der Waals surface area contributed by atoms with Gasteiger partial charge in [-0.25, -0.2) is 4.98 Å². The van der Waals surface area contributed by atoms with Gasteiger partial charge in [0.2, 0.25) is 5.95 Å². The molecule has 0 aliphatic carbocycles. The van der Waals surface area contributed by atoms with Gasteiger partial charge in [0.25, 0.3) is 0 Å². The van der Waals surface area contributed by atoms with Crippen molar-refractivity contribution in [1.29, 1.82) is 0 Å². The van der Waals surface area contributed by atoms with Crippen molar-refractivity contribution in [3.8, 4) is 17.0 Å². The summed E-state index contributed by atoms with van der Waals surface area (Å²) >= 11 is 3.45. The molecule has 0 bridgehead atoms. The lowest BCUT2D eigenvalue weighted by atomic mass is 10.1. The van der Waals surface area contributed by atoms with Gasteiger partial charge in [0, 0.05) is 22.6 Å². The quantitative estimate of drug-likeness (QED) is 0.407. The first-order valence-electron chi connectivity index (χ1n) is 8.88. The van der Waals surface area contributed by atoms with E-state index in [9.17, 15) is 18.0 Å². The molecule has 7 nitrogen and oxygen atoms in total. The predicted octanol–water partition coefficient (Wildman–Crippen LogP) is 4.91. The van der Waals surface area contributed by atoms with E-state index >= 15 is 0 Å². The average Bonchev–Trinajstić information content (AvgIpc) is 2.70. The van der Waals surface area contributed by atoms with Crippen LogP contribution < -0.4 is 15.4 Å². The summed E-state index contributed by atoms with van der Waals surface area (Å²) in [4.78, 5) is 19.3. The van der Waals surface area contributed by atoms with Crippen LogP contribution in [0, 0.1) is 0 Å². The summed E-state index contributed by atoms with van der Waals surface area (Å²) in [5, 5.41) is 14.6. The Hall–Kier alpha value is -3.34. The molecular weight excluding hydrogens is 481 g/mol. The fourth-order valence-electron chi connectivity index (χ4n) is 2.60. The summed E-state index contributed by atoms with van der Waals surface area (Å²) in [5.74, 6) is -1.14. The van der Waals surface area contributed by atoms with Crippen LogP contribution in [0.4, 0.5) is 24.9 Å². The Bertz CT molecular complexity index is 1080. The molecule has 0 aliphatic rings. The van der Waals surface area contributed by atoms with Crippen molar-refractivity contribution in [3.63, 3.8) is 0 Å². The minimum absolute atomic E-state index is 0.0108. The van der Waals surface area contributed by atoms with Gasteiger partial charge >= 0.3 is 12.3 Å². The highest BCUT2D eigenvalue weighted by molar-refractivity contribution is 9.10. The summed E-state index contributed by atoms with van der Waals surface area (Å²) in [7, 11) is 0. The zero-order valence-electron chi connectivity index (χ0n) is 15.8. The van der Waals surface area contributed by atoms with Crippen LogP contribution in [0.25, 0.3) is 11.3 Å². The number of hydrogen-bond donors (Lipinski definition) is 3. The predicted molar refractivity (Wildman–Crippen MR) is 112 cm³/mol. The Labute approximate surface area is 183 Å². The van der Waals surface area contributed by atoms with Crippen LogP contribution in [-0.4, -0.2) is 34.0 Å². The Kier molecular flexibility index (Phi) is 6.95. The molecule has 31 heavy (non-hydrogen) atoms. The molecule has 0 saturated heterocycles. The molecule has 0 saturated carbocycles. The summed E-state index contributed by atoms with van der Waals surface area (Å²) in [5.41, 5.74) is 1.57. The normalized spacial score (nSPS) is 11.1. The van der Waals surface area contributed by atoms with E-state index in [1.165, 1.54) is 18.2 Å². The van der Waals surface area contributed by atoms with E-state index in [0.717, 1.165) is 10.0 Å². The third-order valence-electron chi connectivity index (χ3n) is 3.91. The van der Waals surface area contributed by atoms with Crippen LogP contribution >= 0.6 is 15.9 Å². The number of carboxylic acid groups (broad SMARTS) is 1. The maximum Gasteiger partial charge on any atom is 0.573 e. The SMILES string of the molecule is O=C(O)CNc1nc(NCc2ccccc2Br)cc(-c2cccc(OC(F)(F)F)c2)n1. The number of anilines is 2. The third-order valence-corrected chi connectivity index (χ3v) is 4.68. The second-order valence-corrected chi connectivity index (χ2v) is 7.08. The van der Waals surface area contributed by atoms with E-state index < -0.39 is 24.6 Å². The van der Waals surface area contributed by atoms with E-state index in [1.807, 2.05) is 24.3 Å². The highest BCUT2D eigenvalue weighted by Gasteiger charge is 2.31. The highest BCUT2D eigenvalue weighted by atomic mass is 79.9. The van der Waals surface area contributed by atoms with Gasteiger partial charge in [-0.15, -0.1) is 13.2 Å². The van der Waals surface area contributed by atoms with E-state index in [0.29, 0.717) is 17.9 Å². The molecule has 11 heteroatoms. The summed E-state index contributed by atoms with van der Waals surface area (Å²) < 4.78 is 42.5. The first kappa shape index (κ1) is 22.3. The highest BCUT2D eigenvalue weighted by Crippen LogP contribution is 2.29. The molecule has 3 rings (SSSR count). The minimum Gasteiger partial charge on any atom is -0.480 e. The van der Waals surface area contributed by atoms with E-state index in [-0.39, 0.29) is 11.6 Å². The largest absolute Gasteiger partial charge is 0.573 e. The Morgan fingerprint density at radius 3 is 2.55 bits per heavy atom. The number of halogens is 4. The lowest BCUT2D eigenvalue weighted by Gasteiger charge is -2.13. The number of nitrogens with one attached hydrogen (secondary N) is 2. The smallest absolute Gasteiger partial charge is 0.480 e. The van der Waals surface area contributed by atoms with Crippen molar-refractivity contribution in [2.45, 2.75) is 12.9 Å². The third kappa shape index (κ3) is 6.85. The van der Waals surface area contributed by atoms with Gasteiger partial charge in [-0.1, -0.05) is 46.3 Å². The molecule has 1 heterocycles. The number of alkyl halides is 3. The van der Waals surface area contributed by atoms with Crippen molar-refractivity contribution >= 4 is 33.7 Å². The molecule has 0 unspecified atom stereocenters. The Morgan fingerprint density at radius 1 is 1.06 bits per heavy atom. The number of nitrogens with zero attached hydrogens (tertiary/aromatic N) is 2. The zero-order valence-corrected chi connectivity index (χ0v) is 17.4. The van der Waals surface area contributed by atoms with E-state index in [2.05, 4.69) is 41.3 Å². The fourth-order valence-corrected chi connectivity index (χ4v) is 3.02. The first-order valence-corrected chi connectivity index (χ1v) is 9.67. The van der Waals surface area contributed by atoms with Crippen molar-refractivity contribution in [3.05, 3.63) is 64.6 Å². The monoisotopic (exact) mass is 496 g/mol. The molecule has 0 fully saturated rings. The second-order valence-electron chi connectivity index (χ2n) is 6.23. The molecule has 162 valence electrons. The molecule has 1 aromatic heterocycles. The van der Waals surface area contributed by atoms with Gasteiger partial charge < -0.3 is 20.5 Å². The Balaban J connectivity index is 1.91. The minimum atomic E-state index is -4.83. The molecule has 0 amide bonds. The molecule has 3 N–H and O–H groups in total. The number of hydrogen-bond acceptors (Lipinski definition) is 6. The summed E-state index contributed by atoms with van der Waals surface area (Å²) in [6.45, 7) is -0.0299. The molecule has 0 radical (unpaired) electrons. The number of carbonyl (C=O) groups is 1. The first-order chi connectivity index (χ1) is 14.7. The van der Waals surface area contributed by atoms with Crippen LogP contribution in [0.15, 0.2) is 59.1 Å². The van der Waals surface area contributed by atoms with E-state index in [1.54, 1.807) is 12.1 Å². The topological polar surface area (TPSA) is 96.4 Å². The number of benzene rings is 2. The molecule has 3 aromatic rings. The summed E-state index contributed by atoms with van der Waals surface area (Å²) in [6, 6.07) is 14.4. The van der Waals surface area contributed by atoms with Crippen molar-refractivity contribution < 1.29 is 27.8 Å². The zero-order chi connectivity index (χ0) is 22.4. The molecule has 0 spiro atoms. The van der Waals surface area contributed by atoms with Gasteiger partial charge in [0.15, 0.2) is 0 Å². The lowest BCUT2D eigenvalue weighted by molar-refractivity contribution is -0.274. The maximum atomic E-state index is 12.5. The van der Waals surface area contributed by atoms with Gasteiger partial charge in [0.1, 0.15) is 18.1 Å². The number of aromatic nitrogens is 2. The van der Waals surface area contributed by atoms with Gasteiger partial charge in [0.05, 0.1) is 5.69 Å². The summed E-state index contributed by atoms with van der Waals surface area (Å²) in [6.07, 6.45) is -4.83. The average molecular weight is 497 g/mol. The number of ether oxygens (including phenoxy) is 1. The molecule has 0 atom stereocenters. The van der Waals surface area contributed by atoms with Crippen LogP contribution in [-0.2, 0) is 11.3 Å². The van der Waals surface area contributed by atoms with Gasteiger partial charge in [-0.05, 0) is 23.8 Å². The molecule has 2 aromatic carbocycles. The number of rotatable bonds is 8. The maximum absolute atomic E-state index is 12.5. The standard InChI is InChI=1S/C20H16BrF3N4O3/c21-15-7-2-1-4-13(15)10-25-17-9-16(27-19(28-17)26-11-18(29)30)12-5-3-6-14(8-12)31-20(22,23)24/h1-9H,10-11H2,(H,29,30)(H2,25,26,27,28). The Morgan fingerprint density at radius 2 is 1.84 bits per heavy atom. The van der Waals surface area contributed by atoms with Gasteiger partial charge in [-0.3, -0.25) is 4.79 Å². The molecular formula is C20H16BrF3N4O3. The van der Waals surface area contributed by atoms with Crippen molar-refractivity contribution in [1.82, 2.24) is 9.97 Å². The second kappa shape index (κ2) is 9.65. The fraction of sp³-hybridized carbons (Fsp3) is 0.150. The van der Waals surface area contributed by atoms with Gasteiger partial charge in [-0.2, -0.15) is 4.98 Å².